The lowest BCUT2D eigenvalue weighted by Crippen LogP contribution is -2.35. The van der Waals surface area contributed by atoms with Gasteiger partial charge >= 0.3 is 0 Å². The SMILES string of the molecule is COc1ccc(/C(O)=C2\C(=O)C(=O)N(CCN(C)C)[C@H]2c2ccc(Cl)cc2)cc1Cl. The second-order valence-electron chi connectivity index (χ2n) is 7.20. The first kappa shape index (κ1) is 22.2. The van der Waals surface area contributed by atoms with E-state index in [4.69, 9.17) is 27.9 Å². The predicted molar refractivity (Wildman–Crippen MR) is 117 cm³/mol. The summed E-state index contributed by atoms with van der Waals surface area (Å²) in [5.41, 5.74) is 1.02. The van der Waals surface area contributed by atoms with Crippen LogP contribution in [0.15, 0.2) is 48.0 Å². The Morgan fingerprint density at radius 2 is 1.80 bits per heavy atom. The maximum Gasteiger partial charge on any atom is 0.295 e. The third kappa shape index (κ3) is 4.31. The number of likely N-dealkylation sites (tertiary alicyclic amines) is 1. The van der Waals surface area contributed by atoms with Crippen molar-refractivity contribution in [2.75, 3.05) is 34.3 Å². The normalized spacial score (nSPS) is 18.3. The molecule has 0 aliphatic carbocycles. The summed E-state index contributed by atoms with van der Waals surface area (Å²) in [4.78, 5) is 29.1. The van der Waals surface area contributed by atoms with Gasteiger partial charge in [-0.1, -0.05) is 35.3 Å². The highest BCUT2D eigenvalue weighted by molar-refractivity contribution is 6.46. The molecule has 0 saturated carbocycles. The van der Waals surface area contributed by atoms with Crippen molar-refractivity contribution in [1.29, 1.82) is 0 Å². The number of likely N-dealkylation sites (N-methyl/N-ethyl adjacent to an activating group) is 1. The molecule has 2 aromatic carbocycles. The molecular formula is C22H22Cl2N2O4. The van der Waals surface area contributed by atoms with Crippen molar-refractivity contribution >= 4 is 40.7 Å². The Morgan fingerprint density at radius 3 is 2.37 bits per heavy atom. The van der Waals surface area contributed by atoms with Gasteiger partial charge in [0.25, 0.3) is 11.7 Å². The average molecular weight is 449 g/mol. The van der Waals surface area contributed by atoms with E-state index >= 15 is 0 Å². The maximum atomic E-state index is 12.9. The summed E-state index contributed by atoms with van der Waals surface area (Å²) in [6, 6.07) is 10.8. The third-order valence-corrected chi connectivity index (χ3v) is 5.49. The summed E-state index contributed by atoms with van der Waals surface area (Å²) >= 11 is 12.2. The average Bonchev–Trinajstić information content (AvgIpc) is 2.96. The van der Waals surface area contributed by atoms with Crippen molar-refractivity contribution in [3.8, 4) is 5.75 Å². The number of aliphatic hydroxyl groups excluding tert-OH is 1. The molecule has 158 valence electrons. The van der Waals surface area contributed by atoms with E-state index < -0.39 is 17.7 Å². The van der Waals surface area contributed by atoms with E-state index in [0.717, 1.165) is 0 Å². The number of ether oxygens (including phenoxy) is 1. The summed E-state index contributed by atoms with van der Waals surface area (Å²) in [5.74, 6) is -1.24. The number of methoxy groups -OCH3 is 1. The number of ketones is 1. The van der Waals surface area contributed by atoms with Crippen molar-refractivity contribution in [2.24, 2.45) is 0 Å². The van der Waals surface area contributed by atoms with E-state index in [9.17, 15) is 14.7 Å². The second kappa shape index (κ2) is 9.08. The highest BCUT2D eigenvalue weighted by Crippen LogP contribution is 2.40. The molecule has 1 aliphatic heterocycles. The van der Waals surface area contributed by atoms with Crippen LogP contribution in [0, 0.1) is 0 Å². The largest absolute Gasteiger partial charge is 0.507 e. The molecule has 0 spiro atoms. The first-order valence-electron chi connectivity index (χ1n) is 9.27. The van der Waals surface area contributed by atoms with Gasteiger partial charge in [-0.15, -0.1) is 0 Å². The summed E-state index contributed by atoms with van der Waals surface area (Å²) in [6.07, 6.45) is 0. The number of hydrogen-bond acceptors (Lipinski definition) is 5. The first-order chi connectivity index (χ1) is 14.2. The van der Waals surface area contributed by atoms with E-state index in [1.54, 1.807) is 36.4 Å². The molecule has 1 fully saturated rings. The van der Waals surface area contributed by atoms with Crippen LogP contribution in [0.3, 0.4) is 0 Å². The Kier molecular flexibility index (Phi) is 6.71. The maximum absolute atomic E-state index is 12.9. The van der Waals surface area contributed by atoms with E-state index in [1.807, 2.05) is 19.0 Å². The molecule has 1 aliphatic rings. The molecule has 1 saturated heterocycles. The number of hydrogen-bond donors (Lipinski definition) is 1. The number of nitrogens with zero attached hydrogens (tertiary/aromatic N) is 2. The van der Waals surface area contributed by atoms with Gasteiger partial charge in [0.1, 0.15) is 11.5 Å². The fourth-order valence-corrected chi connectivity index (χ4v) is 3.76. The van der Waals surface area contributed by atoms with E-state index in [0.29, 0.717) is 35.0 Å². The lowest BCUT2D eigenvalue weighted by molar-refractivity contribution is -0.140. The van der Waals surface area contributed by atoms with Crippen molar-refractivity contribution < 1.29 is 19.4 Å². The molecule has 6 nitrogen and oxygen atoms in total. The summed E-state index contributed by atoms with van der Waals surface area (Å²) < 4.78 is 5.14. The van der Waals surface area contributed by atoms with Crippen molar-refractivity contribution in [3.05, 3.63) is 69.2 Å². The molecule has 0 bridgehead atoms. The molecule has 0 aromatic heterocycles. The van der Waals surface area contributed by atoms with Gasteiger partial charge in [-0.25, -0.2) is 0 Å². The lowest BCUT2D eigenvalue weighted by atomic mass is 9.95. The number of aliphatic hydroxyl groups is 1. The van der Waals surface area contributed by atoms with Crippen LogP contribution in [0.1, 0.15) is 17.2 Å². The van der Waals surface area contributed by atoms with Gasteiger partial charge in [0.15, 0.2) is 0 Å². The van der Waals surface area contributed by atoms with Crippen LogP contribution in [0.5, 0.6) is 5.75 Å². The predicted octanol–water partition coefficient (Wildman–Crippen LogP) is 3.99. The van der Waals surface area contributed by atoms with Crippen LogP contribution in [-0.2, 0) is 9.59 Å². The zero-order chi connectivity index (χ0) is 22.0. The van der Waals surface area contributed by atoms with E-state index in [2.05, 4.69) is 0 Å². The zero-order valence-electron chi connectivity index (χ0n) is 16.9. The number of carbonyl (C=O) groups excluding carboxylic acids is 2. The summed E-state index contributed by atoms with van der Waals surface area (Å²) in [6.45, 7) is 0.885. The van der Waals surface area contributed by atoms with Gasteiger partial charge in [0, 0.05) is 23.7 Å². The summed E-state index contributed by atoms with van der Waals surface area (Å²) in [5, 5.41) is 11.8. The van der Waals surface area contributed by atoms with Gasteiger partial charge in [0.05, 0.1) is 23.7 Å². The molecule has 8 heteroatoms. The topological polar surface area (TPSA) is 70.1 Å². The molecule has 1 heterocycles. The van der Waals surface area contributed by atoms with Crippen molar-refractivity contribution in [1.82, 2.24) is 9.80 Å². The zero-order valence-corrected chi connectivity index (χ0v) is 18.4. The second-order valence-corrected chi connectivity index (χ2v) is 8.04. The molecule has 1 amide bonds. The van der Waals surface area contributed by atoms with Crippen LogP contribution in [-0.4, -0.2) is 60.9 Å². The molecule has 3 rings (SSSR count). The molecule has 30 heavy (non-hydrogen) atoms. The Hall–Kier alpha value is -2.54. The van der Waals surface area contributed by atoms with Gasteiger partial charge < -0.3 is 19.6 Å². The smallest absolute Gasteiger partial charge is 0.295 e. The Balaban J connectivity index is 2.14. The van der Waals surface area contributed by atoms with Crippen molar-refractivity contribution in [2.45, 2.75) is 6.04 Å². The fourth-order valence-electron chi connectivity index (χ4n) is 3.38. The number of rotatable bonds is 6. The van der Waals surface area contributed by atoms with Crippen LogP contribution in [0.4, 0.5) is 0 Å². The monoisotopic (exact) mass is 448 g/mol. The minimum atomic E-state index is -0.738. The lowest BCUT2D eigenvalue weighted by Gasteiger charge is -2.26. The molecule has 0 unspecified atom stereocenters. The number of carbonyl (C=O) groups is 2. The van der Waals surface area contributed by atoms with Crippen molar-refractivity contribution in [3.63, 3.8) is 0 Å². The highest BCUT2D eigenvalue weighted by atomic mass is 35.5. The number of benzene rings is 2. The van der Waals surface area contributed by atoms with Crippen LogP contribution in [0.25, 0.3) is 5.76 Å². The minimum Gasteiger partial charge on any atom is -0.507 e. The van der Waals surface area contributed by atoms with Gasteiger partial charge in [-0.2, -0.15) is 0 Å². The quantitative estimate of drug-likeness (QED) is 0.411. The molecular weight excluding hydrogens is 427 g/mol. The minimum absolute atomic E-state index is 0.0160. The standard InChI is InChI=1S/C22H22Cl2N2O4/c1-25(2)10-11-26-19(13-4-7-15(23)8-5-13)18(21(28)22(26)29)20(27)14-6-9-17(30-3)16(24)12-14/h4-9,12,19,27H,10-11H2,1-3H3/b20-18+/t19-/m0/s1. The molecule has 2 aromatic rings. The first-order valence-corrected chi connectivity index (χ1v) is 10.0. The van der Waals surface area contributed by atoms with Crippen LogP contribution in [0.2, 0.25) is 10.0 Å². The van der Waals surface area contributed by atoms with E-state index in [1.165, 1.54) is 18.1 Å². The number of Topliss-reactive ketones (excluding diaryl/α,β-unsaturated/α-hetero) is 1. The van der Waals surface area contributed by atoms with Gasteiger partial charge in [0.2, 0.25) is 0 Å². The number of halogens is 2. The Bertz CT molecular complexity index is 1000. The fraction of sp³-hybridized carbons (Fsp3) is 0.273. The van der Waals surface area contributed by atoms with Crippen LogP contribution < -0.4 is 4.74 Å². The third-order valence-electron chi connectivity index (χ3n) is 4.94. The highest BCUT2D eigenvalue weighted by Gasteiger charge is 2.45. The molecule has 0 radical (unpaired) electrons. The summed E-state index contributed by atoms with van der Waals surface area (Å²) in [7, 11) is 5.25. The Morgan fingerprint density at radius 1 is 1.13 bits per heavy atom. The van der Waals surface area contributed by atoms with Gasteiger partial charge in [-0.05, 0) is 50.0 Å². The Labute approximate surface area is 185 Å². The van der Waals surface area contributed by atoms with Crippen LogP contribution >= 0.6 is 23.2 Å². The molecule has 1 N–H and O–H groups in total. The number of amides is 1. The van der Waals surface area contributed by atoms with Gasteiger partial charge in [-0.3, -0.25) is 9.59 Å². The van der Waals surface area contributed by atoms with E-state index in [-0.39, 0.29) is 16.4 Å². The molecule has 1 atom stereocenters.